The van der Waals surface area contributed by atoms with E-state index < -0.39 is 12.1 Å². The summed E-state index contributed by atoms with van der Waals surface area (Å²) in [5.41, 5.74) is 4.60. The normalized spacial score (nSPS) is 11.7. The fourth-order valence-electron chi connectivity index (χ4n) is 2.89. The summed E-state index contributed by atoms with van der Waals surface area (Å²) in [7, 11) is 0. The first kappa shape index (κ1) is 15.6. The van der Waals surface area contributed by atoms with Crippen LogP contribution in [-0.4, -0.2) is 30.3 Å². The van der Waals surface area contributed by atoms with E-state index in [9.17, 15) is 9.59 Å². The highest BCUT2D eigenvalue weighted by Crippen LogP contribution is 2.44. The first-order valence-corrected chi connectivity index (χ1v) is 7.47. The minimum Gasteiger partial charge on any atom is -0.472 e. The van der Waals surface area contributed by atoms with Crippen molar-refractivity contribution in [3.8, 4) is 23.0 Å². The summed E-state index contributed by atoms with van der Waals surface area (Å²) in [5.74, 6) is 3.00. The van der Waals surface area contributed by atoms with Crippen molar-refractivity contribution in [3.05, 3.63) is 59.7 Å². The van der Waals surface area contributed by atoms with Crippen LogP contribution in [0.4, 0.5) is 4.79 Å². The number of carboxylic acids is 1. The first-order valence-electron chi connectivity index (χ1n) is 7.47. The van der Waals surface area contributed by atoms with E-state index >= 15 is 0 Å². The molecule has 1 aliphatic carbocycles. The predicted molar refractivity (Wildman–Crippen MR) is 88.5 cm³/mol. The number of hydrogen-bond donors (Lipinski definition) is 2. The molecule has 120 valence electrons. The highest BCUT2D eigenvalue weighted by molar-refractivity contribution is 5.86. The topological polar surface area (TPSA) is 75.6 Å². The number of hydrogen-bond acceptors (Lipinski definition) is 3. The Bertz CT molecular complexity index is 802. The van der Waals surface area contributed by atoms with Crippen LogP contribution < -0.4 is 5.32 Å². The van der Waals surface area contributed by atoms with Crippen molar-refractivity contribution < 1.29 is 19.4 Å². The van der Waals surface area contributed by atoms with E-state index in [1.165, 1.54) is 0 Å². The molecule has 0 aromatic heterocycles. The Kier molecular flexibility index (Phi) is 4.48. The number of nitrogens with one attached hydrogen (secondary N) is 1. The zero-order valence-corrected chi connectivity index (χ0v) is 12.8. The zero-order chi connectivity index (χ0) is 16.9. The third-order valence-electron chi connectivity index (χ3n) is 3.86. The van der Waals surface area contributed by atoms with Crippen molar-refractivity contribution in [2.75, 3.05) is 13.2 Å². The van der Waals surface area contributed by atoms with Gasteiger partial charge in [0.2, 0.25) is 0 Å². The van der Waals surface area contributed by atoms with Crippen molar-refractivity contribution >= 4 is 12.1 Å². The third-order valence-corrected chi connectivity index (χ3v) is 3.86. The van der Waals surface area contributed by atoms with Crippen LogP contribution in [0.1, 0.15) is 17.0 Å². The van der Waals surface area contributed by atoms with Gasteiger partial charge >= 0.3 is 12.1 Å². The van der Waals surface area contributed by atoms with E-state index in [0.29, 0.717) is 0 Å². The number of carboxylic acid groups (broad SMARTS) is 1. The molecule has 1 aliphatic rings. The van der Waals surface area contributed by atoms with Gasteiger partial charge in [0.25, 0.3) is 0 Å². The van der Waals surface area contributed by atoms with Gasteiger partial charge in [-0.05, 0) is 22.3 Å². The Morgan fingerprint density at radius 3 is 2.21 bits per heavy atom. The van der Waals surface area contributed by atoms with Gasteiger partial charge in [0.15, 0.2) is 0 Å². The van der Waals surface area contributed by atoms with Crippen LogP contribution in [0, 0.1) is 11.8 Å². The van der Waals surface area contributed by atoms with E-state index in [2.05, 4.69) is 23.4 Å². The average Bonchev–Trinajstić information content (AvgIpc) is 2.91. The second-order valence-corrected chi connectivity index (χ2v) is 5.29. The van der Waals surface area contributed by atoms with Crippen LogP contribution in [0.2, 0.25) is 0 Å². The minimum atomic E-state index is -1.23. The van der Waals surface area contributed by atoms with E-state index in [1.807, 2.05) is 42.3 Å². The molecular weight excluding hydrogens is 306 g/mol. The number of amides is 1. The largest absolute Gasteiger partial charge is 0.472 e. The van der Waals surface area contributed by atoms with E-state index in [4.69, 9.17) is 9.84 Å². The molecule has 1 amide bonds. The standard InChI is InChI=1S/C19H15NO4/c21-18(22)10-5-11-20-19(23)24-12-17-15-8-3-1-6-13(15)14-7-2-4-9-16(14)17/h1-4,6-9,17H,11-12H2,(H,20,23)(H,21,22). The summed E-state index contributed by atoms with van der Waals surface area (Å²) >= 11 is 0. The lowest BCUT2D eigenvalue weighted by molar-refractivity contribution is -0.130. The predicted octanol–water partition coefficient (Wildman–Crippen LogP) is 2.61. The van der Waals surface area contributed by atoms with E-state index in [0.717, 1.165) is 22.3 Å². The van der Waals surface area contributed by atoms with Crippen molar-refractivity contribution in [2.45, 2.75) is 5.92 Å². The third kappa shape index (κ3) is 3.23. The molecule has 0 spiro atoms. The van der Waals surface area contributed by atoms with E-state index in [1.54, 1.807) is 0 Å². The van der Waals surface area contributed by atoms with E-state index in [-0.39, 0.29) is 19.1 Å². The summed E-state index contributed by atoms with van der Waals surface area (Å²) in [4.78, 5) is 22.0. The molecule has 2 aromatic carbocycles. The number of aliphatic carboxylic acids is 1. The Balaban J connectivity index is 1.67. The molecule has 2 N–H and O–H groups in total. The van der Waals surface area contributed by atoms with Crippen molar-refractivity contribution in [1.29, 1.82) is 0 Å². The molecule has 3 rings (SSSR count). The van der Waals surface area contributed by atoms with Gasteiger partial charge in [-0.25, -0.2) is 9.59 Å². The zero-order valence-electron chi connectivity index (χ0n) is 12.8. The lowest BCUT2D eigenvalue weighted by atomic mass is 9.98. The Morgan fingerprint density at radius 1 is 1.04 bits per heavy atom. The summed E-state index contributed by atoms with van der Waals surface area (Å²) in [6.45, 7) is 0.148. The van der Waals surface area contributed by atoms with Crippen molar-refractivity contribution in [3.63, 3.8) is 0 Å². The number of rotatable bonds is 3. The van der Waals surface area contributed by atoms with Gasteiger partial charge in [0.05, 0.1) is 6.54 Å². The molecule has 0 unspecified atom stereocenters. The van der Waals surface area contributed by atoms with Gasteiger partial charge in [0, 0.05) is 11.8 Å². The maximum Gasteiger partial charge on any atom is 0.407 e. The Labute approximate surface area is 139 Å². The van der Waals surface area contributed by atoms with Crippen molar-refractivity contribution in [2.24, 2.45) is 0 Å². The van der Waals surface area contributed by atoms with Crippen LogP contribution >= 0.6 is 0 Å². The number of fused-ring (bicyclic) bond motifs is 3. The molecule has 0 bridgehead atoms. The van der Waals surface area contributed by atoms with Crippen LogP contribution in [0.25, 0.3) is 11.1 Å². The second-order valence-electron chi connectivity index (χ2n) is 5.29. The van der Waals surface area contributed by atoms with Crippen LogP contribution in [0.15, 0.2) is 48.5 Å². The quantitative estimate of drug-likeness (QED) is 0.852. The monoisotopic (exact) mass is 321 g/mol. The van der Waals surface area contributed by atoms with Crippen LogP contribution in [0.3, 0.4) is 0 Å². The molecule has 0 saturated heterocycles. The number of alkyl carbamates (subject to hydrolysis) is 1. The van der Waals surface area contributed by atoms with Gasteiger partial charge < -0.3 is 15.2 Å². The highest BCUT2D eigenvalue weighted by Gasteiger charge is 2.28. The van der Waals surface area contributed by atoms with Gasteiger partial charge in [-0.3, -0.25) is 0 Å². The number of carbonyl (C=O) groups is 2. The number of carbonyl (C=O) groups excluding carboxylic acids is 1. The Hall–Kier alpha value is -3.26. The molecule has 5 nitrogen and oxygen atoms in total. The molecule has 5 heteroatoms. The van der Waals surface area contributed by atoms with Gasteiger partial charge in [-0.1, -0.05) is 54.5 Å². The minimum absolute atomic E-state index is 0.00625. The lowest BCUT2D eigenvalue weighted by Gasteiger charge is -2.14. The number of benzene rings is 2. The van der Waals surface area contributed by atoms with Gasteiger partial charge in [-0.2, -0.15) is 0 Å². The molecule has 0 fully saturated rings. The molecule has 0 saturated carbocycles. The second kappa shape index (κ2) is 6.88. The molecule has 0 aliphatic heterocycles. The van der Waals surface area contributed by atoms with Crippen LogP contribution in [-0.2, 0) is 9.53 Å². The summed E-state index contributed by atoms with van der Waals surface area (Å²) in [6.07, 6.45) is -0.614. The fraction of sp³-hybridized carbons (Fsp3) is 0.158. The molecule has 0 heterocycles. The average molecular weight is 321 g/mol. The molecule has 24 heavy (non-hydrogen) atoms. The van der Waals surface area contributed by atoms with Crippen LogP contribution in [0.5, 0.6) is 0 Å². The smallest absolute Gasteiger partial charge is 0.407 e. The fourth-order valence-corrected chi connectivity index (χ4v) is 2.89. The number of ether oxygens (including phenoxy) is 1. The van der Waals surface area contributed by atoms with Crippen molar-refractivity contribution in [1.82, 2.24) is 5.32 Å². The first-order chi connectivity index (χ1) is 11.7. The molecule has 0 atom stereocenters. The van der Waals surface area contributed by atoms with Gasteiger partial charge in [-0.15, -0.1) is 0 Å². The maximum absolute atomic E-state index is 11.7. The lowest BCUT2D eigenvalue weighted by Crippen LogP contribution is -2.26. The highest BCUT2D eigenvalue weighted by atomic mass is 16.5. The molecular formula is C19H15NO4. The SMILES string of the molecule is O=C(O)C#CCNC(=O)OCC1c2ccccc2-c2ccccc21. The molecule has 0 radical (unpaired) electrons. The summed E-state index contributed by atoms with van der Waals surface area (Å²) in [5, 5.41) is 10.8. The maximum atomic E-state index is 11.7. The summed E-state index contributed by atoms with van der Waals surface area (Å²) in [6, 6.07) is 16.1. The Morgan fingerprint density at radius 2 is 1.62 bits per heavy atom. The summed E-state index contributed by atoms with van der Waals surface area (Å²) < 4.78 is 5.28. The molecule has 2 aromatic rings. The van der Waals surface area contributed by atoms with Gasteiger partial charge in [0.1, 0.15) is 6.61 Å².